The molecule has 0 saturated heterocycles. The average molecular weight is 769 g/mol. The third-order valence-electron chi connectivity index (χ3n) is 9.52. The fraction of sp³-hybridized carbons (Fsp3) is 0.735. The molecule has 1 atom stereocenters. The van der Waals surface area contributed by atoms with Crippen molar-refractivity contribution in [3.63, 3.8) is 0 Å². The van der Waals surface area contributed by atoms with Crippen molar-refractivity contribution in [1.29, 1.82) is 0 Å². The van der Waals surface area contributed by atoms with Crippen LogP contribution in [0.5, 0.6) is 0 Å². The number of hydrogen-bond acceptors (Lipinski definition) is 6. The number of allylic oxidation sites excluding steroid dienone is 10. The number of ether oxygens (including phenoxy) is 3. The van der Waals surface area contributed by atoms with Gasteiger partial charge in [-0.2, -0.15) is 0 Å². The van der Waals surface area contributed by atoms with Gasteiger partial charge in [0.15, 0.2) is 6.10 Å². The third-order valence-corrected chi connectivity index (χ3v) is 9.52. The Kier molecular flexibility index (Phi) is 41.5. The van der Waals surface area contributed by atoms with E-state index in [9.17, 15) is 14.4 Å². The molecule has 0 aromatic carbocycles. The van der Waals surface area contributed by atoms with Crippen LogP contribution in [0.2, 0.25) is 0 Å². The van der Waals surface area contributed by atoms with Crippen molar-refractivity contribution in [3.05, 3.63) is 60.8 Å². The number of hydrogen-bond donors (Lipinski definition) is 0. The maximum atomic E-state index is 12.7. The van der Waals surface area contributed by atoms with E-state index in [1.807, 2.05) is 0 Å². The van der Waals surface area contributed by atoms with Gasteiger partial charge in [-0.05, 0) is 77.0 Å². The van der Waals surface area contributed by atoms with Gasteiger partial charge in [0.25, 0.3) is 0 Å². The SMILES string of the molecule is CC/C=C\C/C=C\C/C=C\CCCCCCC(=O)OCC(COC(=O)CCCCCCCCCCCCC)OC(=O)CCCCCCC/C=C\C/C=C\CC. The Morgan fingerprint density at radius 3 is 1.11 bits per heavy atom. The third kappa shape index (κ3) is 42.1. The Hall–Kier alpha value is -2.89. The predicted molar refractivity (Wildman–Crippen MR) is 233 cm³/mol. The molecule has 1 unspecified atom stereocenters. The topological polar surface area (TPSA) is 78.9 Å². The summed E-state index contributed by atoms with van der Waals surface area (Å²) in [5.74, 6) is -0.928. The standard InChI is InChI=1S/C49H84O6/c1-4-7-10-13-16-19-22-24-25-28-30-33-36-39-42-48(51)54-45-46(44-53-47(50)41-38-35-32-29-26-21-18-15-12-9-6-3)55-49(52)43-40-37-34-31-27-23-20-17-14-11-8-5-2/h7-8,10-11,16-17,19-20,24-25,46H,4-6,9,12-15,18,21-23,26-45H2,1-3H3/b10-7-,11-8-,19-16-,20-17-,25-24-. The summed E-state index contributed by atoms with van der Waals surface area (Å²) < 4.78 is 16.7. The van der Waals surface area contributed by atoms with Crippen LogP contribution in [-0.2, 0) is 28.6 Å². The number of carbonyl (C=O) groups excluding carboxylic acids is 3. The van der Waals surface area contributed by atoms with Crippen molar-refractivity contribution < 1.29 is 28.6 Å². The molecular weight excluding hydrogens is 685 g/mol. The summed E-state index contributed by atoms with van der Waals surface area (Å²) in [6.45, 7) is 6.36. The van der Waals surface area contributed by atoms with Crippen LogP contribution in [0.15, 0.2) is 60.8 Å². The molecule has 0 amide bonds. The van der Waals surface area contributed by atoms with Gasteiger partial charge in [-0.1, -0.05) is 178 Å². The van der Waals surface area contributed by atoms with Gasteiger partial charge in [0.1, 0.15) is 13.2 Å². The first-order valence-electron chi connectivity index (χ1n) is 22.8. The van der Waals surface area contributed by atoms with Gasteiger partial charge in [0, 0.05) is 19.3 Å². The van der Waals surface area contributed by atoms with E-state index in [0.717, 1.165) is 122 Å². The Bertz CT molecular complexity index is 1020. The highest BCUT2D eigenvalue weighted by Crippen LogP contribution is 2.14. The molecule has 0 aliphatic heterocycles. The number of esters is 3. The van der Waals surface area contributed by atoms with E-state index in [1.54, 1.807) is 0 Å². The van der Waals surface area contributed by atoms with E-state index in [0.29, 0.717) is 19.3 Å². The van der Waals surface area contributed by atoms with E-state index >= 15 is 0 Å². The summed E-state index contributed by atoms with van der Waals surface area (Å²) in [7, 11) is 0. The first-order valence-corrected chi connectivity index (χ1v) is 22.8. The summed E-state index contributed by atoms with van der Waals surface area (Å²) in [6.07, 6.45) is 52.0. The molecule has 0 aromatic rings. The van der Waals surface area contributed by atoms with E-state index in [2.05, 4.69) is 81.5 Å². The molecule has 0 N–H and O–H groups in total. The Morgan fingerprint density at radius 1 is 0.382 bits per heavy atom. The quantitative estimate of drug-likeness (QED) is 0.0267. The molecule has 0 radical (unpaired) electrons. The molecule has 0 saturated carbocycles. The monoisotopic (exact) mass is 769 g/mol. The minimum absolute atomic E-state index is 0.0865. The highest BCUT2D eigenvalue weighted by atomic mass is 16.6. The van der Waals surface area contributed by atoms with Gasteiger partial charge in [-0.15, -0.1) is 0 Å². The predicted octanol–water partition coefficient (Wildman–Crippen LogP) is 14.5. The molecular formula is C49H84O6. The molecule has 0 heterocycles. The van der Waals surface area contributed by atoms with Gasteiger partial charge in [-0.3, -0.25) is 14.4 Å². The van der Waals surface area contributed by atoms with Crippen LogP contribution in [0.4, 0.5) is 0 Å². The molecule has 55 heavy (non-hydrogen) atoms. The fourth-order valence-corrected chi connectivity index (χ4v) is 6.14. The molecule has 0 aliphatic carbocycles. The van der Waals surface area contributed by atoms with E-state index in [-0.39, 0.29) is 31.1 Å². The maximum Gasteiger partial charge on any atom is 0.306 e. The van der Waals surface area contributed by atoms with Crippen LogP contribution in [0.1, 0.15) is 213 Å². The lowest BCUT2D eigenvalue weighted by Crippen LogP contribution is -2.30. The smallest absolute Gasteiger partial charge is 0.306 e. The molecule has 0 aromatic heterocycles. The minimum atomic E-state index is -0.786. The van der Waals surface area contributed by atoms with Crippen LogP contribution < -0.4 is 0 Å². The second kappa shape index (κ2) is 43.8. The summed E-state index contributed by atoms with van der Waals surface area (Å²) in [5, 5.41) is 0. The molecule has 6 heteroatoms. The summed E-state index contributed by atoms with van der Waals surface area (Å²) in [6, 6.07) is 0. The van der Waals surface area contributed by atoms with Crippen LogP contribution in [0, 0.1) is 0 Å². The normalized spacial score (nSPS) is 12.6. The summed E-state index contributed by atoms with van der Waals surface area (Å²) in [5.41, 5.74) is 0. The van der Waals surface area contributed by atoms with Crippen molar-refractivity contribution in [2.75, 3.05) is 13.2 Å². The fourth-order valence-electron chi connectivity index (χ4n) is 6.14. The number of carbonyl (C=O) groups is 3. The van der Waals surface area contributed by atoms with E-state index < -0.39 is 6.10 Å². The van der Waals surface area contributed by atoms with Crippen LogP contribution in [-0.4, -0.2) is 37.2 Å². The lowest BCUT2D eigenvalue weighted by molar-refractivity contribution is -0.167. The Labute approximate surface area is 339 Å². The molecule has 0 bridgehead atoms. The highest BCUT2D eigenvalue weighted by Gasteiger charge is 2.19. The Morgan fingerprint density at radius 2 is 0.709 bits per heavy atom. The second-order valence-corrected chi connectivity index (χ2v) is 14.9. The lowest BCUT2D eigenvalue weighted by Gasteiger charge is -2.18. The molecule has 316 valence electrons. The van der Waals surface area contributed by atoms with Crippen molar-refractivity contribution in [1.82, 2.24) is 0 Å². The zero-order valence-electron chi connectivity index (χ0n) is 35.9. The van der Waals surface area contributed by atoms with E-state index in [4.69, 9.17) is 14.2 Å². The average Bonchev–Trinajstić information content (AvgIpc) is 3.18. The zero-order chi connectivity index (χ0) is 40.1. The highest BCUT2D eigenvalue weighted by molar-refractivity contribution is 5.71. The largest absolute Gasteiger partial charge is 0.462 e. The first-order chi connectivity index (χ1) is 27.0. The molecule has 0 spiro atoms. The van der Waals surface area contributed by atoms with Crippen LogP contribution in [0.3, 0.4) is 0 Å². The van der Waals surface area contributed by atoms with Crippen LogP contribution >= 0.6 is 0 Å². The summed E-state index contributed by atoms with van der Waals surface area (Å²) in [4.78, 5) is 37.7. The summed E-state index contributed by atoms with van der Waals surface area (Å²) >= 11 is 0. The second-order valence-electron chi connectivity index (χ2n) is 14.9. The van der Waals surface area contributed by atoms with Gasteiger partial charge in [-0.25, -0.2) is 0 Å². The molecule has 6 nitrogen and oxygen atoms in total. The lowest BCUT2D eigenvalue weighted by atomic mass is 10.1. The number of rotatable bonds is 40. The van der Waals surface area contributed by atoms with Crippen molar-refractivity contribution >= 4 is 17.9 Å². The van der Waals surface area contributed by atoms with Gasteiger partial charge < -0.3 is 14.2 Å². The zero-order valence-corrected chi connectivity index (χ0v) is 35.9. The van der Waals surface area contributed by atoms with Crippen LogP contribution in [0.25, 0.3) is 0 Å². The van der Waals surface area contributed by atoms with Gasteiger partial charge in [0.2, 0.25) is 0 Å². The van der Waals surface area contributed by atoms with Gasteiger partial charge >= 0.3 is 17.9 Å². The first kappa shape index (κ1) is 52.1. The molecule has 0 fully saturated rings. The molecule has 0 aliphatic rings. The number of unbranched alkanes of at least 4 members (excludes halogenated alkanes) is 19. The van der Waals surface area contributed by atoms with Crippen molar-refractivity contribution in [3.8, 4) is 0 Å². The molecule has 0 rings (SSSR count). The Balaban J connectivity index is 4.43. The maximum absolute atomic E-state index is 12.7. The van der Waals surface area contributed by atoms with Crippen molar-refractivity contribution in [2.45, 2.75) is 219 Å². The van der Waals surface area contributed by atoms with E-state index in [1.165, 1.54) is 51.4 Å². The van der Waals surface area contributed by atoms with Gasteiger partial charge in [0.05, 0.1) is 0 Å². The minimum Gasteiger partial charge on any atom is -0.462 e. The van der Waals surface area contributed by atoms with Crippen molar-refractivity contribution in [2.24, 2.45) is 0 Å².